The van der Waals surface area contributed by atoms with Crippen molar-refractivity contribution in [1.82, 2.24) is 4.57 Å². The third-order valence-electron chi connectivity index (χ3n) is 4.18. The van der Waals surface area contributed by atoms with Crippen molar-refractivity contribution in [2.24, 2.45) is 0 Å². The Morgan fingerprint density at radius 2 is 2.00 bits per heavy atom. The molecule has 1 N–H and O–H groups in total. The number of nitrogens with zero attached hydrogens (tertiary/aromatic N) is 2. The highest BCUT2D eigenvalue weighted by atomic mass is 32.1. The van der Waals surface area contributed by atoms with Gasteiger partial charge in [-0.05, 0) is 25.3 Å². The Labute approximate surface area is 165 Å². The van der Waals surface area contributed by atoms with Gasteiger partial charge in [-0.25, -0.2) is 4.79 Å². The number of ether oxygens (including phenoxy) is 1. The second-order valence-electron chi connectivity index (χ2n) is 5.84. The van der Waals surface area contributed by atoms with Crippen molar-refractivity contribution < 1.29 is 9.53 Å². The molecule has 1 aromatic heterocycles. The van der Waals surface area contributed by atoms with Crippen molar-refractivity contribution in [3.8, 4) is 6.07 Å². The summed E-state index contributed by atoms with van der Waals surface area (Å²) in [6.07, 6.45) is 1.62. The van der Waals surface area contributed by atoms with Crippen LogP contribution in [0.5, 0.6) is 0 Å². The van der Waals surface area contributed by atoms with Crippen LogP contribution in [0.1, 0.15) is 13.8 Å². The SMILES string of the molecule is CCOC(=O)C(C#N)=c1sc(=CNc2cccc3ccccc23)c(=O)n1CC. The van der Waals surface area contributed by atoms with Crippen LogP contribution < -0.4 is 20.1 Å². The number of aromatic nitrogens is 1. The minimum atomic E-state index is -0.720. The molecule has 6 nitrogen and oxygen atoms in total. The summed E-state index contributed by atoms with van der Waals surface area (Å²) in [7, 11) is 0. The van der Waals surface area contributed by atoms with E-state index >= 15 is 0 Å². The smallest absolute Gasteiger partial charge is 0.351 e. The van der Waals surface area contributed by atoms with Gasteiger partial charge in [-0.1, -0.05) is 36.4 Å². The van der Waals surface area contributed by atoms with E-state index < -0.39 is 5.97 Å². The van der Waals surface area contributed by atoms with Gasteiger partial charge < -0.3 is 10.1 Å². The molecule has 0 radical (unpaired) electrons. The van der Waals surface area contributed by atoms with Crippen LogP contribution in [0.2, 0.25) is 0 Å². The minimum Gasteiger partial charge on any atom is -0.462 e. The van der Waals surface area contributed by atoms with Crippen LogP contribution in [0.3, 0.4) is 0 Å². The molecule has 28 heavy (non-hydrogen) atoms. The molecule has 0 bridgehead atoms. The van der Waals surface area contributed by atoms with Gasteiger partial charge in [-0.3, -0.25) is 9.36 Å². The lowest BCUT2D eigenvalue weighted by atomic mass is 10.1. The lowest BCUT2D eigenvalue weighted by Gasteiger charge is -2.05. The molecule has 7 heteroatoms. The van der Waals surface area contributed by atoms with Crippen molar-refractivity contribution in [1.29, 1.82) is 5.26 Å². The largest absolute Gasteiger partial charge is 0.462 e. The normalized spacial score (nSPS) is 12.5. The fraction of sp³-hybridized carbons (Fsp3) is 0.190. The first-order chi connectivity index (χ1) is 13.6. The molecule has 142 valence electrons. The van der Waals surface area contributed by atoms with Gasteiger partial charge in [0.25, 0.3) is 5.56 Å². The molecular weight excluding hydrogens is 374 g/mol. The topological polar surface area (TPSA) is 84.1 Å². The second-order valence-corrected chi connectivity index (χ2v) is 6.87. The monoisotopic (exact) mass is 393 g/mol. The first kappa shape index (κ1) is 19.4. The highest BCUT2D eigenvalue weighted by molar-refractivity contribution is 7.07. The molecule has 0 aliphatic carbocycles. The number of rotatable bonds is 5. The van der Waals surface area contributed by atoms with Crippen LogP contribution in [0, 0.1) is 11.3 Å². The summed E-state index contributed by atoms with van der Waals surface area (Å²) < 4.78 is 7.07. The van der Waals surface area contributed by atoms with E-state index in [1.165, 1.54) is 4.57 Å². The van der Waals surface area contributed by atoms with Crippen LogP contribution in [0.15, 0.2) is 47.3 Å². The Bertz CT molecular complexity index is 1240. The quantitative estimate of drug-likeness (QED) is 0.672. The Kier molecular flexibility index (Phi) is 5.92. The maximum Gasteiger partial charge on any atom is 0.351 e. The number of hydrogen-bond acceptors (Lipinski definition) is 6. The maximum atomic E-state index is 12.7. The summed E-state index contributed by atoms with van der Waals surface area (Å²) in [5, 5.41) is 14.7. The van der Waals surface area contributed by atoms with Gasteiger partial charge in [0.1, 0.15) is 15.3 Å². The van der Waals surface area contributed by atoms with E-state index in [1.807, 2.05) is 48.5 Å². The predicted octanol–water partition coefficient (Wildman–Crippen LogP) is 2.17. The summed E-state index contributed by atoms with van der Waals surface area (Å²) in [4.78, 5) is 24.8. The fourth-order valence-electron chi connectivity index (χ4n) is 2.87. The number of nitrogens with one attached hydrogen (secondary N) is 1. The third kappa shape index (κ3) is 3.68. The van der Waals surface area contributed by atoms with Crippen molar-refractivity contribution in [2.45, 2.75) is 20.4 Å². The lowest BCUT2D eigenvalue weighted by molar-refractivity contribution is -0.136. The van der Waals surface area contributed by atoms with Crippen LogP contribution >= 0.6 is 11.3 Å². The number of fused-ring (bicyclic) bond motifs is 1. The highest BCUT2D eigenvalue weighted by Gasteiger charge is 2.16. The zero-order valence-corrected chi connectivity index (χ0v) is 16.4. The molecule has 3 rings (SSSR count). The van der Waals surface area contributed by atoms with E-state index in [1.54, 1.807) is 20.0 Å². The number of carbonyl (C=O) groups excluding carboxylic acids is 1. The Hall–Kier alpha value is -3.37. The van der Waals surface area contributed by atoms with Gasteiger partial charge in [0, 0.05) is 23.8 Å². The van der Waals surface area contributed by atoms with Crippen LogP contribution in [-0.2, 0) is 16.1 Å². The standard InChI is InChI=1S/C21H19N3O3S/c1-3-24-19(25)18(28-20(24)16(12-22)21(26)27-4-2)13-23-17-11-7-9-14-8-5-6-10-15(14)17/h5-11,13,23H,3-4H2,1-2H3. The van der Waals surface area contributed by atoms with E-state index in [4.69, 9.17) is 4.74 Å². The van der Waals surface area contributed by atoms with Gasteiger partial charge in [0.15, 0.2) is 5.57 Å². The number of carbonyl (C=O) groups is 1. The van der Waals surface area contributed by atoms with E-state index in [2.05, 4.69) is 5.32 Å². The molecular formula is C21H19N3O3S. The third-order valence-corrected chi connectivity index (χ3v) is 5.31. The number of hydrogen-bond donors (Lipinski definition) is 1. The van der Waals surface area contributed by atoms with Gasteiger partial charge >= 0.3 is 5.97 Å². The zero-order chi connectivity index (χ0) is 20.1. The molecule has 0 atom stereocenters. The first-order valence-electron chi connectivity index (χ1n) is 8.86. The van der Waals surface area contributed by atoms with Gasteiger partial charge in [-0.15, -0.1) is 11.3 Å². The summed E-state index contributed by atoms with van der Waals surface area (Å²) in [5.74, 6) is -0.720. The van der Waals surface area contributed by atoms with Crippen molar-refractivity contribution >= 4 is 45.5 Å². The van der Waals surface area contributed by atoms with Gasteiger partial charge in [0.05, 0.1) is 6.61 Å². The van der Waals surface area contributed by atoms with Gasteiger partial charge in [-0.2, -0.15) is 5.26 Å². The Balaban J connectivity index is 2.13. The van der Waals surface area contributed by atoms with Crippen LogP contribution in [-0.4, -0.2) is 17.1 Å². The molecule has 2 aromatic carbocycles. The van der Waals surface area contributed by atoms with Crippen molar-refractivity contribution in [3.63, 3.8) is 0 Å². The Morgan fingerprint density at radius 1 is 1.25 bits per heavy atom. The predicted molar refractivity (Wildman–Crippen MR) is 111 cm³/mol. The van der Waals surface area contributed by atoms with Crippen LogP contribution in [0.25, 0.3) is 22.5 Å². The molecule has 0 saturated carbocycles. The molecule has 1 heterocycles. The van der Waals surface area contributed by atoms with Crippen molar-refractivity contribution in [2.75, 3.05) is 11.9 Å². The fourth-order valence-corrected chi connectivity index (χ4v) is 3.95. The minimum absolute atomic E-state index is 0.157. The summed E-state index contributed by atoms with van der Waals surface area (Å²) in [5.41, 5.74) is 0.452. The summed E-state index contributed by atoms with van der Waals surface area (Å²) in [6.45, 7) is 3.96. The molecule has 0 aliphatic heterocycles. The highest BCUT2D eigenvalue weighted by Crippen LogP contribution is 2.22. The molecule has 0 amide bonds. The summed E-state index contributed by atoms with van der Waals surface area (Å²) >= 11 is 1.09. The molecule has 0 aliphatic rings. The van der Waals surface area contributed by atoms with E-state index in [9.17, 15) is 14.9 Å². The summed E-state index contributed by atoms with van der Waals surface area (Å²) in [6, 6.07) is 15.7. The number of anilines is 1. The van der Waals surface area contributed by atoms with Gasteiger partial charge in [0.2, 0.25) is 0 Å². The van der Waals surface area contributed by atoms with Crippen molar-refractivity contribution in [3.05, 3.63) is 62.0 Å². The van der Waals surface area contributed by atoms with E-state index in [0.29, 0.717) is 15.7 Å². The molecule has 0 unspecified atom stereocenters. The number of esters is 1. The molecule has 0 spiro atoms. The van der Waals surface area contributed by atoms with E-state index in [0.717, 1.165) is 27.8 Å². The number of benzene rings is 2. The zero-order valence-electron chi connectivity index (χ0n) is 15.6. The average Bonchev–Trinajstić information content (AvgIpc) is 3.02. The second kappa shape index (κ2) is 8.55. The average molecular weight is 393 g/mol. The Morgan fingerprint density at radius 3 is 2.71 bits per heavy atom. The van der Waals surface area contributed by atoms with Crippen LogP contribution in [0.4, 0.5) is 5.69 Å². The molecule has 3 aromatic rings. The first-order valence-corrected chi connectivity index (χ1v) is 9.68. The number of nitriles is 1. The maximum absolute atomic E-state index is 12.7. The molecule has 0 saturated heterocycles. The van der Waals surface area contributed by atoms with E-state index in [-0.39, 0.29) is 17.7 Å². The molecule has 0 fully saturated rings. The number of thiazole rings is 1. The lowest BCUT2D eigenvalue weighted by Crippen LogP contribution is -2.32.